The van der Waals surface area contributed by atoms with Gasteiger partial charge in [-0.15, -0.1) is 0 Å². The van der Waals surface area contributed by atoms with Gasteiger partial charge in [0.05, 0.1) is 4.90 Å². The van der Waals surface area contributed by atoms with Crippen LogP contribution >= 0.6 is 0 Å². The molecular weight excluding hydrogens is 360 g/mol. The maximum Gasteiger partial charge on any atom is 0.240 e. The Hall–Kier alpha value is -2.18. The van der Waals surface area contributed by atoms with Crippen LogP contribution in [0.15, 0.2) is 53.4 Å². The summed E-state index contributed by atoms with van der Waals surface area (Å²) in [7, 11) is -3.57. The van der Waals surface area contributed by atoms with E-state index in [2.05, 4.69) is 30.8 Å². The summed E-state index contributed by atoms with van der Waals surface area (Å²) in [6.45, 7) is 8.68. The molecule has 1 amide bonds. The minimum atomic E-state index is -3.57. The van der Waals surface area contributed by atoms with Gasteiger partial charge in [0.25, 0.3) is 0 Å². The van der Waals surface area contributed by atoms with Crippen LogP contribution in [0.1, 0.15) is 44.4 Å². The van der Waals surface area contributed by atoms with Crippen LogP contribution in [-0.4, -0.2) is 20.9 Å². The number of carbonyl (C=O) groups excluding carboxylic acids is 1. The highest BCUT2D eigenvalue weighted by molar-refractivity contribution is 7.89. The molecule has 2 rings (SSSR count). The number of rotatable bonds is 7. The molecule has 0 aliphatic carbocycles. The maximum absolute atomic E-state index is 12.5. The molecule has 0 heterocycles. The lowest BCUT2D eigenvalue weighted by Crippen LogP contribution is -2.23. The summed E-state index contributed by atoms with van der Waals surface area (Å²) >= 11 is 0. The van der Waals surface area contributed by atoms with Crippen molar-refractivity contribution in [1.29, 1.82) is 0 Å². The van der Waals surface area contributed by atoms with Gasteiger partial charge in [0.2, 0.25) is 15.9 Å². The van der Waals surface area contributed by atoms with Gasteiger partial charge in [0, 0.05) is 20.0 Å². The zero-order valence-electron chi connectivity index (χ0n) is 16.4. The van der Waals surface area contributed by atoms with Crippen LogP contribution in [-0.2, 0) is 33.2 Å². The fourth-order valence-corrected chi connectivity index (χ4v) is 3.62. The number of carbonyl (C=O) groups is 1. The minimum absolute atomic E-state index is 0.0692. The van der Waals surface area contributed by atoms with E-state index in [0.29, 0.717) is 13.0 Å². The van der Waals surface area contributed by atoms with Crippen LogP contribution in [0, 0.1) is 0 Å². The van der Waals surface area contributed by atoms with E-state index in [1.807, 2.05) is 24.3 Å². The maximum atomic E-state index is 12.5. The van der Waals surface area contributed by atoms with Gasteiger partial charge in [-0.2, -0.15) is 0 Å². The van der Waals surface area contributed by atoms with E-state index in [9.17, 15) is 13.2 Å². The summed E-state index contributed by atoms with van der Waals surface area (Å²) in [5, 5.41) is 2.72. The number of benzene rings is 2. The Morgan fingerprint density at radius 2 is 1.48 bits per heavy atom. The van der Waals surface area contributed by atoms with Gasteiger partial charge in [-0.3, -0.25) is 4.79 Å². The van der Waals surface area contributed by atoms with Crippen molar-refractivity contribution >= 4 is 15.9 Å². The van der Waals surface area contributed by atoms with Crippen molar-refractivity contribution in [3.63, 3.8) is 0 Å². The molecule has 0 saturated heterocycles. The molecular formula is C21H28N2O3S. The third-order valence-corrected chi connectivity index (χ3v) is 5.72. The zero-order valence-corrected chi connectivity index (χ0v) is 17.2. The van der Waals surface area contributed by atoms with Gasteiger partial charge in [-0.1, -0.05) is 57.2 Å². The molecule has 0 fully saturated rings. The molecule has 0 radical (unpaired) electrons. The van der Waals surface area contributed by atoms with Gasteiger partial charge < -0.3 is 5.32 Å². The summed E-state index contributed by atoms with van der Waals surface area (Å²) in [6.07, 6.45) is 0.660. The van der Waals surface area contributed by atoms with Gasteiger partial charge in [0.15, 0.2) is 0 Å². The van der Waals surface area contributed by atoms with E-state index in [-0.39, 0.29) is 22.8 Å². The molecule has 0 atom stereocenters. The first-order chi connectivity index (χ1) is 12.6. The van der Waals surface area contributed by atoms with E-state index in [4.69, 9.17) is 0 Å². The lowest BCUT2D eigenvalue weighted by Gasteiger charge is -2.19. The molecule has 0 aliphatic heterocycles. The lowest BCUT2D eigenvalue weighted by molar-refractivity contribution is -0.118. The Morgan fingerprint density at radius 1 is 0.926 bits per heavy atom. The van der Waals surface area contributed by atoms with E-state index in [1.54, 1.807) is 24.3 Å². The minimum Gasteiger partial charge on any atom is -0.356 e. The van der Waals surface area contributed by atoms with Crippen molar-refractivity contribution in [3.8, 4) is 0 Å². The second-order valence-corrected chi connectivity index (χ2v) is 9.42. The van der Waals surface area contributed by atoms with Crippen LogP contribution < -0.4 is 10.0 Å². The SMILES string of the molecule is CC(=O)NCCc1ccc(S(=O)(=O)NCc2ccc(C(C)(C)C)cc2)cc1. The largest absolute Gasteiger partial charge is 0.356 e. The smallest absolute Gasteiger partial charge is 0.240 e. The van der Waals surface area contributed by atoms with Crippen LogP contribution in [0.2, 0.25) is 0 Å². The fourth-order valence-electron chi connectivity index (χ4n) is 2.60. The Bertz CT molecular complexity index is 865. The molecule has 146 valence electrons. The molecule has 0 bridgehead atoms. The molecule has 0 spiro atoms. The molecule has 0 aromatic heterocycles. The molecule has 2 aromatic rings. The van der Waals surface area contributed by atoms with Crippen molar-refractivity contribution < 1.29 is 13.2 Å². The number of nitrogens with one attached hydrogen (secondary N) is 2. The Kier molecular flexibility index (Phi) is 6.78. The van der Waals surface area contributed by atoms with E-state index >= 15 is 0 Å². The number of sulfonamides is 1. The standard InChI is InChI=1S/C21H28N2O3S/c1-16(24)22-14-13-17-7-11-20(12-8-17)27(25,26)23-15-18-5-9-19(10-6-18)21(2,3)4/h5-12,23H,13-15H2,1-4H3,(H,22,24). The second-order valence-electron chi connectivity index (χ2n) is 7.65. The molecule has 6 heteroatoms. The number of amides is 1. The molecule has 0 saturated carbocycles. The van der Waals surface area contributed by atoms with E-state index < -0.39 is 10.0 Å². The van der Waals surface area contributed by atoms with Crippen LogP contribution in [0.3, 0.4) is 0 Å². The van der Waals surface area contributed by atoms with Gasteiger partial charge in [0.1, 0.15) is 0 Å². The molecule has 5 nitrogen and oxygen atoms in total. The Morgan fingerprint density at radius 3 is 2.00 bits per heavy atom. The van der Waals surface area contributed by atoms with Crippen LogP contribution in [0.5, 0.6) is 0 Å². The van der Waals surface area contributed by atoms with Crippen molar-refractivity contribution in [2.45, 2.75) is 51.0 Å². The quantitative estimate of drug-likeness (QED) is 0.765. The fraction of sp³-hybridized carbons (Fsp3) is 0.381. The van der Waals surface area contributed by atoms with Gasteiger partial charge in [-0.25, -0.2) is 13.1 Å². The normalized spacial score (nSPS) is 12.0. The molecule has 0 aliphatic rings. The van der Waals surface area contributed by atoms with E-state index in [1.165, 1.54) is 12.5 Å². The molecule has 2 N–H and O–H groups in total. The zero-order chi connectivity index (χ0) is 20.1. The summed E-state index contributed by atoms with van der Waals surface area (Å²) in [5.41, 5.74) is 3.17. The average molecular weight is 389 g/mol. The van der Waals surface area contributed by atoms with Gasteiger partial charge >= 0.3 is 0 Å². The first-order valence-electron chi connectivity index (χ1n) is 9.00. The lowest BCUT2D eigenvalue weighted by atomic mass is 9.87. The monoisotopic (exact) mass is 388 g/mol. The highest BCUT2D eigenvalue weighted by atomic mass is 32.2. The summed E-state index contributed by atoms with van der Waals surface area (Å²) < 4.78 is 27.6. The van der Waals surface area contributed by atoms with E-state index in [0.717, 1.165) is 11.1 Å². The first kappa shape index (κ1) is 21.1. The summed E-state index contributed by atoms with van der Waals surface area (Å²) in [5.74, 6) is -0.0751. The van der Waals surface area contributed by atoms with Crippen molar-refractivity contribution in [2.75, 3.05) is 6.54 Å². The van der Waals surface area contributed by atoms with Crippen molar-refractivity contribution in [1.82, 2.24) is 10.0 Å². The molecule has 27 heavy (non-hydrogen) atoms. The summed E-state index contributed by atoms with van der Waals surface area (Å²) in [6, 6.07) is 14.7. The summed E-state index contributed by atoms with van der Waals surface area (Å²) in [4.78, 5) is 11.1. The highest BCUT2D eigenvalue weighted by Crippen LogP contribution is 2.22. The molecule has 2 aromatic carbocycles. The van der Waals surface area contributed by atoms with Crippen LogP contribution in [0.4, 0.5) is 0 Å². The number of hydrogen-bond acceptors (Lipinski definition) is 3. The second kappa shape index (κ2) is 8.67. The van der Waals surface area contributed by atoms with Gasteiger partial charge in [-0.05, 0) is 40.7 Å². The highest BCUT2D eigenvalue weighted by Gasteiger charge is 2.15. The predicted octanol–water partition coefficient (Wildman–Crippen LogP) is 3.14. The predicted molar refractivity (Wildman–Crippen MR) is 108 cm³/mol. The third kappa shape index (κ3) is 6.48. The Balaban J connectivity index is 1.96. The van der Waals surface area contributed by atoms with Crippen molar-refractivity contribution in [3.05, 3.63) is 65.2 Å². The average Bonchev–Trinajstić information content (AvgIpc) is 2.60. The topological polar surface area (TPSA) is 75.3 Å². The molecule has 0 unspecified atom stereocenters. The Labute approximate surface area is 162 Å². The van der Waals surface area contributed by atoms with Crippen molar-refractivity contribution in [2.24, 2.45) is 0 Å². The first-order valence-corrected chi connectivity index (χ1v) is 10.5. The van der Waals surface area contributed by atoms with Crippen LogP contribution in [0.25, 0.3) is 0 Å². The third-order valence-electron chi connectivity index (χ3n) is 4.31. The number of hydrogen-bond donors (Lipinski definition) is 2.